The maximum atomic E-state index is 11.2. The van der Waals surface area contributed by atoms with E-state index in [-0.39, 0.29) is 6.10 Å². The molecule has 4 nitrogen and oxygen atoms in total. The van der Waals surface area contributed by atoms with E-state index in [2.05, 4.69) is 91.0 Å². The van der Waals surface area contributed by atoms with Gasteiger partial charge in [0.05, 0.1) is 0 Å². The first-order valence-corrected chi connectivity index (χ1v) is 17.2. The van der Waals surface area contributed by atoms with Gasteiger partial charge in [-0.25, -0.2) is 0 Å². The van der Waals surface area contributed by atoms with Gasteiger partial charge in [0, 0.05) is 0 Å². The fourth-order valence-corrected chi connectivity index (χ4v) is 19.1. The predicted molar refractivity (Wildman–Crippen MR) is 123 cm³/mol. The molecular formula is C26H28O4Sn. The molecular weight excluding hydrogens is 495 g/mol. The van der Waals surface area contributed by atoms with E-state index in [4.69, 9.17) is 14.2 Å². The molecule has 2 aliphatic rings. The van der Waals surface area contributed by atoms with Crippen LogP contribution >= 0.6 is 0 Å². The summed E-state index contributed by atoms with van der Waals surface area (Å²) in [6.07, 6.45) is -2.05. The first-order valence-electron chi connectivity index (χ1n) is 10.9. The Kier molecular flexibility index (Phi) is 5.69. The van der Waals surface area contributed by atoms with E-state index >= 15 is 0 Å². The van der Waals surface area contributed by atoms with E-state index in [1.165, 1.54) is 10.7 Å². The van der Waals surface area contributed by atoms with Gasteiger partial charge in [-0.15, -0.1) is 0 Å². The Hall–Kier alpha value is -1.70. The number of fused-ring (bicyclic) bond motifs is 1. The summed E-state index contributed by atoms with van der Waals surface area (Å²) in [5.41, 5.74) is 0. The summed E-state index contributed by atoms with van der Waals surface area (Å²) < 4.78 is 23.1. The zero-order valence-corrected chi connectivity index (χ0v) is 20.7. The van der Waals surface area contributed by atoms with Crippen molar-refractivity contribution >= 4 is 29.1 Å². The van der Waals surface area contributed by atoms with Crippen molar-refractivity contribution in [2.24, 2.45) is 0 Å². The Morgan fingerprint density at radius 1 is 0.742 bits per heavy atom. The zero-order chi connectivity index (χ0) is 21.5. The van der Waals surface area contributed by atoms with Crippen LogP contribution < -0.4 is 10.7 Å². The van der Waals surface area contributed by atoms with Crippen LogP contribution in [0.5, 0.6) is 0 Å². The fourth-order valence-electron chi connectivity index (χ4n) is 5.05. The normalized spacial score (nSPS) is 27.2. The molecule has 160 valence electrons. The summed E-state index contributed by atoms with van der Waals surface area (Å²) in [6.45, 7) is 3.72. The van der Waals surface area contributed by atoms with Crippen LogP contribution in [0.3, 0.4) is 0 Å². The van der Waals surface area contributed by atoms with Crippen molar-refractivity contribution in [3.8, 4) is 0 Å². The Morgan fingerprint density at radius 2 is 1.19 bits per heavy atom. The molecule has 0 saturated carbocycles. The molecule has 3 aromatic carbocycles. The topological polar surface area (TPSA) is 47.9 Å². The van der Waals surface area contributed by atoms with Crippen LogP contribution in [0.1, 0.15) is 13.8 Å². The summed E-state index contributed by atoms with van der Waals surface area (Å²) in [5.74, 6) is -0.736. The van der Waals surface area contributed by atoms with Gasteiger partial charge in [0.2, 0.25) is 0 Å². The zero-order valence-electron chi connectivity index (χ0n) is 17.8. The van der Waals surface area contributed by atoms with E-state index in [0.29, 0.717) is 0 Å². The number of hydrogen-bond donors (Lipinski definition) is 1. The summed E-state index contributed by atoms with van der Waals surface area (Å²) in [6, 6.07) is 32.3. The third kappa shape index (κ3) is 3.85. The molecule has 4 atom stereocenters. The van der Waals surface area contributed by atoms with Gasteiger partial charge in [0.1, 0.15) is 0 Å². The number of hydrogen-bond acceptors (Lipinski definition) is 4. The molecule has 31 heavy (non-hydrogen) atoms. The van der Waals surface area contributed by atoms with Crippen molar-refractivity contribution in [2.75, 3.05) is 0 Å². The number of aliphatic hydroxyl groups excluding tert-OH is 1. The van der Waals surface area contributed by atoms with Gasteiger partial charge < -0.3 is 0 Å². The fraction of sp³-hybridized carbons (Fsp3) is 0.308. The van der Waals surface area contributed by atoms with Gasteiger partial charge in [-0.1, -0.05) is 0 Å². The molecule has 2 fully saturated rings. The molecule has 2 saturated heterocycles. The van der Waals surface area contributed by atoms with Gasteiger partial charge in [-0.2, -0.15) is 0 Å². The minimum atomic E-state index is -3.54. The second-order valence-corrected chi connectivity index (χ2v) is 20.1. The van der Waals surface area contributed by atoms with Crippen LogP contribution in [-0.4, -0.2) is 53.9 Å². The quantitative estimate of drug-likeness (QED) is 0.523. The number of benzene rings is 3. The van der Waals surface area contributed by atoms with Crippen molar-refractivity contribution in [3.63, 3.8) is 0 Å². The number of rotatable bonds is 5. The Morgan fingerprint density at radius 3 is 1.61 bits per heavy atom. The van der Waals surface area contributed by atoms with E-state index in [0.717, 1.165) is 4.44 Å². The van der Waals surface area contributed by atoms with Gasteiger partial charge in [-0.3, -0.25) is 0 Å². The molecule has 2 aliphatic heterocycles. The average molecular weight is 523 g/mol. The minimum absolute atomic E-state index is 0.345. The Bertz CT molecular complexity index is 913. The molecule has 0 aliphatic carbocycles. The second-order valence-electron chi connectivity index (χ2n) is 8.84. The summed E-state index contributed by atoms with van der Waals surface area (Å²) in [7, 11) is 0. The molecule has 0 bridgehead atoms. The molecule has 5 heteroatoms. The van der Waals surface area contributed by atoms with Gasteiger partial charge in [-0.05, 0) is 0 Å². The van der Waals surface area contributed by atoms with Gasteiger partial charge in [0.15, 0.2) is 0 Å². The Labute approximate surface area is 187 Å². The van der Waals surface area contributed by atoms with Crippen molar-refractivity contribution in [1.29, 1.82) is 0 Å². The first kappa shape index (κ1) is 21.2. The molecule has 0 amide bonds. The summed E-state index contributed by atoms with van der Waals surface area (Å²) >= 11 is -3.54. The van der Waals surface area contributed by atoms with Crippen LogP contribution in [0.2, 0.25) is 4.44 Å². The first-order chi connectivity index (χ1) is 15.0. The van der Waals surface area contributed by atoms with Crippen LogP contribution in [-0.2, 0) is 14.2 Å². The van der Waals surface area contributed by atoms with Crippen LogP contribution in [0.15, 0.2) is 91.0 Å². The Balaban J connectivity index is 1.61. The maximum absolute atomic E-state index is 11.2. The van der Waals surface area contributed by atoms with Crippen molar-refractivity contribution < 1.29 is 19.3 Å². The van der Waals surface area contributed by atoms with E-state index in [1.807, 2.05) is 13.8 Å². The monoisotopic (exact) mass is 524 g/mol. The predicted octanol–water partition coefficient (Wildman–Crippen LogP) is 2.39. The van der Waals surface area contributed by atoms with Crippen molar-refractivity contribution in [3.05, 3.63) is 91.0 Å². The third-order valence-electron chi connectivity index (χ3n) is 6.42. The number of ether oxygens (including phenoxy) is 3. The molecule has 0 spiro atoms. The summed E-state index contributed by atoms with van der Waals surface area (Å²) in [4.78, 5) is 0. The molecule has 1 N–H and O–H groups in total. The van der Waals surface area contributed by atoms with Gasteiger partial charge in [0.25, 0.3) is 0 Å². The molecule has 0 unspecified atom stereocenters. The van der Waals surface area contributed by atoms with Crippen LogP contribution in [0.25, 0.3) is 0 Å². The molecule has 3 aromatic rings. The van der Waals surface area contributed by atoms with E-state index in [1.54, 1.807) is 0 Å². The van der Waals surface area contributed by atoms with Crippen molar-refractivity contribution in [2.45, 2.75) is 48.7 Å². The van der Waals surface area contributed by atoms with Gasteiger partial charge >= 0.3 is 188 Å². The van der Waals surface area contributed by atoms with Crippen molar-refractivity contribution in [1.82, 2.24) is 0 Å². The van der Waals surface area contributed by atoms with E-state index in [9.17, 15) is 5.11 Å². The number of aliphatic hydroxyl groups is 1. The van der Waals surface area contributed by atoms with Crippen LogP contribution in [0, 0.1) is 0 Å². The molecule has 5 rings (SSSR count). The summed E-state index contributed by atoms with van der Waals surface area (Å²) in [5, 5.41) is 11.2. The SMILES string of the molecule is CC1(C)O[C@H]2O[C@H]([CH2][Sn]([c]3ccccc3)([c]3ccccc3)[c]3ccccc3)[C@H](O)[C@H]2O1. The average Bonchev–Trinajstić information content (AvgIpc) is 3.25. The second kappa shape index (κ2) is 8.34. The van der Waals surface area contributed by atoms with E-state index < -0.39 is 42.7 Å². The molecule has 2 heterocycles. The molecule has 0 radical (unpaired) electrons. The standard InChI is InChI=1S/C8H13O4.3C6H5.Sn/c1-4-5(9)6-7(10-4)12-8(2,3)11-6;3*1-2-4-6-5-3-1;/h4-7,9H,1H2,2-3H3;3*1-5H;/t4-,5+,6-,7-;;;;/m1..../s1. The molecule has 0 aromatic heterocycles. The third-order valence-corrected chi connectivity index (χ3v) is 20.6. The van der Waals surface area contributed by atoms with Crippen LogP contribution in [0.4, 0.5) is 0 Å².